The van der Waals surface area contributed by atoms with Crippen molar-refractivity contribution >= 4 is 17.4 Å². The van der Waals surface area contributed by atoms with Gasteiger partial charge in [-0.2, -0.15) is 13.2 Å². The number of anilines is 2. The first-order chi connectivity index (χ1) is 14.7. The Balaban J connectivity index is 1.77. The Morgan fingerprint density at radius 1 is 1.23 bits per heavy atom. The van der Waals surface area contributed by atoms with Gasteiger partial charge in [0.1, 0.15) is 11.6 Å². The summed E-state index contributed by atoms with van der Waals surface area (Å²) < 4.78 is 50.5. The summed E-state index contributed by atoms with van der Waals surface area (Å²) in [5.41, 5.74) is -0.666. The van der Waals surface area contributed by atoms with Gasteiger partial charge in [-0.3, -0.25) is 4.79 Å². The highest BCUT2D eigenvalue weighted by atomic mass is 19.4. The van der Waals surface area contributed by atoms with Crippen molar-refractivity contribution < 1.29 is 27.4 Å². The molecule has 1 aromatic heterocycles. The van der Waals surface area contributed by atoms with Crippen LogP contribution in [-0.4, -0.2) is 42.8 Å². The minimum atomic E-state index is -4.53. The van der Waals surface area contributed by atoms with Crippen LogP contribution in [0.4, 0.5) is 24.7 Å². The molecule has 0 saturated carbocycles. The maximum atomic E-state index is 13.1. The Morgan fingerprint density at radius 3 is 2.52 bits per heavy atom. The SMILES string of the molecule is CCCOc1ccc(C(F)(F)F)cc1NC(=O)c1ccc(N2CC(C)OC(C)C2)nc1. The van der Waals surface area contributed by atoms with E-state index in [1.165, 1.54) is 12.3 Å². The summed E-state index contributed by atoms with van der Waals surface area (Å²) in [6.45, 7) is 7.54. The first kappa shape index (κ1) is 22.9. The Labute approximate surface area is 179 Å². The highest BCUT2D eigenvalue weighted by molar-refractivity contribution is 6.05. The van der Waals surface area contributed by atoms with Crippen molar-refractivity contribution in [3.8, 4) is 5.75 Å². The average Bonchev–Trinajstić information content (AvgIpc) is 2.71. The quantitative estimate of drug-likeness (QED) is 0.706. The van der Waals surface area contributed by atoms with Crippen LogP contribution in [0.25, 0.3) is 0 Å². The number of ether oxygens (including phenoxy) is 2. The second kappa shape index (κ2) is 9.55. The largest absolute Gasteiger partial charge is 0.491 e. The van der Waals surface area contributed by atoms with Crippen molar-refractivity contribution in [1.82, 2.24) is 4.98 Å². The number of hydrogen-bond donors (Lipinski definition) is 1. The Kier molecular flexibility index (Phi) is 7.04. The molecule has 1 amide bonds. The predicted octanol–water partition coefficient (Wildman–Crippen LogP) is 4.76. The number of nitrogens with one attached hydrogen (secondary N) is 1. The van der Waals surface area contributed by atoms with Gasteiger partial charge in [0, 0.05) is 19.3 Å². The highest BCUT2D eigenvalue weighted by Gasteiger charge is 2.31. The highest BCUT2D eigenvalue weighted by Crippen LogP contribution is 2.35. The van der Waals surface area contributed by atoms with Crippen LogP contribution in [-0.2, 0) is 10.9 Å². The number of carbonyl (C=O) groups is 1. The van der Waals surface area contributed by atoms with Gasteiger partial charge in [-0.1, -0.05) is 6.92 Å². The molecule has 2 aromatic rings. The number of halogens is 3. The van der Waals surface area contributed by atoms with Crippen molar-refractivity contribution in [1.29, 1.82) is 0 Å². The second-order valence-corrected chi connectivity index (χ2v) is 7.58. The fraction of sp³-hybridized carbons (Fsp3) is 0.455. The number of aromatic nitrogens is 1. The van der Waals surface area contributed by atoms with Crippen LogP contribution in [0.1, 0.15) is 43.1 Å². The van der Waals surface area contributed by atoms with Gasteiger partial charge in [0.25, 0.3) is 5.91 Å². The topological polar surface area (TPSA) is 63.7 Å². The molecular weight excluding hydrogens is 411 g/mol. The minimum absolute atomic E-state index is 0.0341. The summed E-state index contributed by atoms with van der Waals surface area (Å²) in [7, 11) is 0. The van der Waals surface area contributed by atoms with Gasteiger partial charge >= 0.3 is 6.18 Å². The molecule has 0 bridgehead atoms. The number of carbonyl (C=O) groups excluding carboxylic acids is 1. The Bertz CT molecular complexity index is 893. The molecule has 2 heterocycles. The molecule has 168 valence electrons. The smallest absolute Gasteiger partial charge is 0.416 e. The van der Waals surface area contributed by atoms with Crippen molar-refractivity contribution in [2.75, 3.05) is 29.9 Å². The van der Waals surface area contributed by atoms with Crippen LogP contribution in [0, 0.1) is 0 Å². The molecule has 1 saturated heterocycles. The van der Waals surface area contributed by atoms with Gasteiger partial charge in [0.15, 0.2) is 0 Å². The summed E-state index contributed by atoms with van der Waals surface area (Å²) >= 11 is 0. The summed E-state index contributed by atoms with van der Waals surface area (Å²) in [4.78, 5) is 19.1. The maximum Gasteiger partial charge on any atom is 0.416 e. The third kappa shape index (κ3) is 5.88. The number of nitrogens with zero attached hydrogens (tertiary/aromatic N) is 2. The lowest BCUT2D eigenvalue weighted by Gasteiger charge is -2.36. The van der Waals surface area contributed by atoms with E-state index in [9.17, 15) is 18.0 Å². The van der Waals surface area contributed by atoms with Crippen molar-refractivity contribution in [2.24, 2.45) is 0 Å². The fourth-order valence-electron chi connectivity index (χ4n) is 3.41. The number of hydrogen-bond acceptors (Lipinski definition) is 5. The van der Waals surface area contributed by atoms with E-state index in [0.29, 0.717) is 31.9 Å². The minimum Gasteiger partial charge on any atom is -0.491 e. The van der Waals surface area contributed by atoms with Gasteiger partial charge in [-0.15, -0.1) is 0 Å². The number of amides is 1. The van der Waals surface area contributed by atoms with Crippen LogP contribution < -0.4 is 15.0 Å². The molecule has 6 nitrogen and oxygen atoms in total. The standard InChI is InChI=1S/C22H26F3N3O3/c1-4-9-30-19-7-6-17(22(23,24)25)10-18(19)27-21(29)16-5-8-20(26-11-16)28-12-14(2)31-15(3)13-28/h5-8,10-11,14-15H,4,9,12-13H2,1-3H3,(H,27,29). The first-order valence-corrected chi connectivity index (χ1v) is 10.2. The Morgan fingerprint density at radius 2 is 1.94 bits per heavy atom. The number of alkyl halides is 3. The molecule has 0 spiro atoms. The van der Waals surface area contributed by atoms with Gasteiger partial charge in [-0.25, -0.2) is 4.98 Å². The molecule has 1 aliphatic heterocycles. The van der Waals surface area contributed by atoms with Crippen molar-refractivity contribution in [3.05, 3.63) is 47.7 Å². The van der Waals surface area contributed by atoms with E-state index in [0.717, 1.165) is 12.1 Å². The lowest BCUT2D eigenvalue weighted by atomic mass is 10.1. The van der Waals surface area contributed by atoms with E-state index < -0.39 is 17.6 Å². The number of morpholine rings is 1. The summed E-state index contributed by atoms with van der Waals surface area (Å²) in [5.74, 6) is 0.331. The number of benzene rings is 1. The van der Waals surface area contributed by atoms with E-state index in [-0.39, 0.29) is 29.2 Å². The monoisotopic (exact) mass is 437 g/mol. The number of rotatable bonds is 6. The van der Waals surface area contributed by atoms with Crippen LogP contribution in [0.5, 0.6) is 5.75 Å². The van der Waals surface area contributed by atoms with Crippen LogP contribution in [0.3, 0.4) is 0 Å². The summed E-state index contributed by atoms with van der Waals surface area (Å²) in [5, 5.41) is 2.52. The molecule has 1 aliphatic rings. The molecule has 1 fully saturated rings. The normalized spacial score (nSPS) is 19.2. The van der Waals surface area contributed by atoms with Gasteiger partial charge in [-0.05, 0) is 50.6 Å². The molecule has 1 aromatic carbocycles. The van der Waals surface area contributed by atoms with Crippen molar-refractivity contribution in [3.63, 3.8) is 0 Å². The predicted molar refractivity (Wildman–Crippen MR) is 112 cm³/mol. The second-order valence-electron chi connectivity index (χ2n) is 7.58. The molecule has 31 heavy (non-hydrogen) atoms. The van der Waals surface area contributed by atoms with E-state index in [4.69, 9.17) is 9.47 Å². The van der Waals surface area contributed by atoms with E-state index in [2.05, 4.69) is 15.2 Å². The van der Waals surface area contributed by atoms with E-state index >= 15 is 0 Å². The van der Waals surface area contributed by atoms with Crippen LogP contribution >= 0.6 is 0 Å². The molecule has 9 heteroatoms. The third-order valence-electron chi connectivity index (χ3n) is 4.77. The summed E-state index contributed by atoms with van der Waals surface area (Å²) in [6.07, 6.45) is -2.31. The third-order valence-corrected chi connectivity index (χ3v) is 4.77. The molecule has 2 unspecified atom stereocenters. The maximum absolute atomic E-state index is 13.1. The zero-order chi connectivity index (χ0) is 22.6. The molecule has 0 radical (unpaired) electrons. The molecule has 2 atom stereocenters. The van der Waals surface area contributed by atoms with E-state index in [1.807, 2.05) is 20.8 Å². The molecular formula is C22H26F3N3O3. The van der Waals surface area contributed by atoms with Gasteiger partial charge in [0.2, 0.25) is 0 Å². The van der Waals surface area contributed by atoms with Gasteiger partial charge in [0.05, 0.1) is 35.6 Å². The Hall–Kier alpha value is -2.81. The lowest BCUT2D eigenvalue weighted by molar-refractivity contribution is -0.137. The molecule has 1 N–H and O–H groups in total. The fourth-order valence-corrected chi connectivity index (χ4v) is 3.41. The van der Waals surface area contributed by atoms with Crippen molar-refractivity contribution in [2.45, 2.75) is 45.6 Å². The average molecular weight is 437 g/mol. The van der Waals surface area contributed by atoms with E-state index in [1.54, 1.807) is 12.1 Å². The van der Waals surface area contributed by atoms with Crippen LogP contribution in [0.15, 0.2) is 36.5 Å². The summed E-state index contributed by atoms with van der Waals surface area (Å²) in [6, 6.07) is 6.35. The zero-order valence-electron chi connectivity index (χ0n) is 17.7. The number of pyridine rings is 1. The van der Waals surface area contributed by atoms with Gasteiger partial charge < -0.3 is 19.7 Å². The first-order valence-electron chi connectivity index (χ1n) is 10.2. The molecule has 3 rings (SSSR count). The molecule has 0 aliphatic carbocycles. The lowest BCUT2D eigenvalue weighted by Crippen LogP contribution is -2.45. The van der Waals surface area contributed by atoms with Crippen LogP contribution in [0.2, 0.25) is 0 Å². The zero-order valence-corrected chi connectivity index (χ0v) is 17.7.